The molecule has 3 heteroatoms. The van der Waals surface area contributed by atoms with E-state index < -0.39 is 0 Å². The Bertz CT molecular complexity index is 257. The molecule has 0 radical (unpaired) electrons. The maximum Gasteiger partial charge on any atom is 0.118 e. The largest absolute Gasteiger partial charge is 0.497 e. The number of benzene rings is 1. The minimum Gasteiger partial charge on any atom is -0.497 e. The predicted molar refractivity (Wildman–Crippen MR) is 72.5 cm³/mol. The molecule has 0 spiro atoms. The van der Waals surface area contributed by atoms with E-state index in [0.29, 0.717) is 5.70 Å². The average molecular weight is 227 g/mol. The molecule has 0 amide bonds. The first kappa shape index (κ1) is 16.3. The van der Waals surface area contributed by atoms with Crippen LogP contribution in [0.5, 0.6) is 5.75 Å². The Morgan fingerprint density at radius 3 is 1.87 bits per heavy atom. The predicted octanol–water partition coefficient (Wildman–Crippen LogP) is 3.20. The lowest BCUT2D eigenvalue weighted by Gasteiger charge is -2.01. The molecule has 2 N–H and O–H groups in total. The molecule has 1 aromatic carbocycles. The molecular formula is C12H21NOS. The lowest BCUT2D eigenvalue weighted by molar-refractivity contribution is 0.415. The Kier molecular flexibility index (Phi) is 12.0. The van der Waals surface area contributed by atoms with Crippen LogP contribution in [0.1, 0.15) is 19.4 Å². The van der Waals surface area contributed by atoms with Crippen LogP contribution in [0.3, 0.4) is 0 Å². The highest BCUT2D eigenvalue weighted by Crippen LogP contribution is 2.13. The quantitative estimate of drug-likeness (QED) is 0.761. The zero-order valence-corrected chi connectivity index (χ0v) is 10.8. The topological polar surface area (TPSA) is 35.2 Å². The van der Waals surface area contributed by atoms with E-state index in [9.17, 15) is 0 Å². The van der Waals surface area contributed by atoms with Crippen molar-refractivity contribution in [2.75, 3.05) is 13.4 Å². The summed E-state index contributed by atoms with van der Waals surface area (Å²) in [6, 6.07) is 7.46. The maximum atomic E-state index is 5.47. The number of hydrogen-bond acceptors (Lipinski definition) is 3. The fraction of sp³-hybridized carbons (Fsp3) is 0.333. The molecule has 15 heavy (non-hydrogen) atoms. The normalized spacial score (nSPS) is 7.53. The van der Waals surface area contributed by atoms with Crippen molar-refractivity contribution in [2.45, 2.75) is 13.8 Å². The molecule has 0 aromatic heterocycles. The first-order chi connectivity index (χ1) is 7.24. The molecule has 1 rings (SSSR count). The van der Waals surface area contributed by atoms with Crippen LogP contribution in [-0.2, 0) is 0 Å². The van der Waals surface area contributed by atoms with Crippen LogP contribution in [0.2, 0.25) is 0 Å². The SMILES string of the molecule is C=C(N)c1ccc(OC)cc1.CC.CS. The molecule has 2 nitrogen and oxygen atoms in total. The van der Waals surface area contributed by atoms with E-state index in [1.807, 2.05) is 38.1 Å². The second-order valence-corrected chi connectivity index (χ2v) is 2.25. The third-order valence-corrected chi connectivity index (χ3v) is 1.46. The van der Waals surface area contributed by atoms with Gasteiger partial charge in [-0.25, -0.2) is 0 Å². The van der Waals surface area contributed by atoms with Gasteiger partial charge in [-0.3, -0.25) is 0 Å². The summed E-state index contributed by atoms with van der Waals surface area (Å²) < 4.78 is 4.98. The number of methoxy groups -OCH3 is 1. The zero-order valence-electron chi connectivity index (χ0n) is 9.95. The maximum absolute atomic E-state index is 5.47. The summed E-state index contributed by atoms with van der Waals surface area (Å²) in [7, 11) is 1.63. The van der Waals surface area contributed by atoms with Gasteiger partial charge in [0.1, 0.15) is 5.75 Å². The van der Waals surface area contributed by atoms with Gasteiger partial charge < -0.3 is 10.5 Å². The molecule has 0 saturated heterocycles. The Morgan fingerprint density at radius 1 is 1.20 bits per heavy atom. The van der Waals surface area contributed by atoms with E-state index in [1.165, 1.54) is 0 Å². The monoisotopic (exact) mass is 227 g/mol. The molecule has 0 heterocycles. The highest BCUT2D eigenvalue weighted by atomic mass is 32.1. The average Bonchev–Trinajstić information content (AvgIpc) is 2.34. The van der Waals surface area contributed by atoms with Crippen molar-refractivity contribution < 1.29 is 4.74 Å². The summed E-state index contributed by atoms with van der Waals surface area (Å²) in [6.45, 7) is 7.62. The molecule has 0 atom stereocenters. The fourth-order valence-corrected chi connectivity index (χ4v) is 0.805. The first-order valence-electron chi connectivity index (χ1n) is 4.77. The summed E-state index contributed by atoms with van der Waals surface area (Å²) in [5.74, 6) is 0.829. The number of ether oxygens (including phenoxy) is 1. The van der Waals surface area contributed by atoms with Gasteiger partial charge in [0.15, 0.2) is 0 Å². The van der Waals surface area contributed by atoms with E-state index in [-0.39, 0.29) is 0 Å². The van der Waals surface area contributed by atoms with Crippen LogP contribution in [-0.4, -0.2) is 13.4 Å². The molecule has 0 bridgehead atoms. The summed E-state index contributed by atoms with van der Waals surface area (Å²) in [5.41, 5.74) is 6.98. The van der Waals surface area contributed by atoms with E-state index in [0.717, 1.165) is 11.3 Å². The van der Waals surface area contributed by atoms with Gasteiger partial charge in [0.05, 0.1) is 7.11 Å². The zero-order chi connectivity index (χ0) is 12.3. The molecular weight excluding hydrogens is 206 g/mol. The smallest absolute Gasteiger partial charge is 0.118 e. The van der Waals surface area contributed by atoms with Crippen LogP contribution in [0, 0.1) is 0 Å². The van der Waals surface area contributed by atoms with Gasteiger partial charge in [0, 0.05) is 5.70 Å². The number of thiol groups is 1. The van der Waals surface area contributed by atoms with Gasteiger partial charge in [-0.15, -0.1) is 0 Å². The standard InChI is InChI=1S/C9H11NO.C2H6.CH4S/c1-7(10)8-3-5-9(11-2)6-4-8;2*1-2/h3-6H,1,10H2,2H3;1-2H3;2H,1H3. The third kappa shape index (κ3) is 6.91. The van der Waals surface area contributed by atoms with Crippen LogP contribution < -0.4 is 10.5 Å². The molecule has 86 valence electrons. The van der Waals surface area contributed by atoms with E-state index in [2.05, 4.69) is 19.2 Å². The minimum absolute atomic E-state index is 0.577. The van der Waals surface area contributed by atoms with Crippen LogP contribution in [0.4, 0.5) is 0 Å². The Hall–Kier alpha value is -1.09. The van der Waals surface area contributed by atoms with Gasteiger partial charge in [-0.2, -0.15) is 12.6 Å². The lowest BCUT2D eigenvalue weighted by Crippen LogP contribution is -1.93. The molecule has 0 fully saturated rings. The van der Waals surface area contributed by atoms with Crippen molar-refractivity contribution in [1.29, 1.82) is 0 Å². The number of hydrogen-bond donors (Lipinski definition) is 2. The Balaban J connectivity index is 0. The molecule has 0 aliphatic heterocycles. The summed E-state index contributed by atoms with van der Waals surface area (Å²) in [5, 5.41) is 0. The number of rotatable bonds is 2. The Morgan fingerprint density at radius 2 is 1.60 bits per heavy atom. The summed E-state index contributed by atoms with van der Waals surface area (Å²) in [6.07, 6.45) is 1.69. The minimum atomic E-state index is 0.577. The van der Waals surface area contributed by atoms with Crippen molar-refractivity contribution in [3.05, 3.63) is 36.4 Å². The van der Waals surface area contributed by atoms with Gasteiger partial charge in [-0.05, 0) is 36.1 Å². The number of nitrogens with two attached hydrogens (primary N) is 1. The van der Waals surface area contributed by atoms with Crippen molar-refractivity contribution in [3.63, 3.8) is 0 Å². The molecule has 0 aliphatic carbocycles. The van der Waals surface area contributed by atoms with Gasteiger partial charge in [0.2, 0.25) is 0 Å². The Labute approximate surface area is 98.6 Å². The highest BCUT2D eigenvalue weighted by Gasteiger charge is 1.93. The summed E-state index contributed by atoms with van der Waals surface area (Å²) in [4.78, 5) is 0. The molecule has 1 aromatic rings. The molecule has 0 saturated carbocycles. The van der Waals surface area contributed by atoms with Crippen molar-refractivity contribution in [2.24, 2.45) is 5.73 Å². The van der Waals surface area contributed by atoms with E-state index >= 15 is 0 Å². The van der Waals surface area contributed by atoms with Gasteiger partial charge >= 0.3 is 0 Å². The van der Waals surface area contributed by atoms with Crippen LogP contribution in [0.15, 0.2) is 30.8 Å². The van der Waals surface area contributed by atoms with Crippen molar-refractivity contribution >= 4 is 18.3 Å². The highest BCUT2D eigenvalue weighted by molar-refractivity contribution is 7.79. The second kappa shape index (κ2) is 11.0. The van der Waals surface area contributed by atoms with Crippen molar-refractivity contribution in [1.82, 2.24) is 0 Å². The molecule has 0 aliphatic rings. The van der Waals surface area contributed by atoms with E-state index in [4.69, 9.17) is 10.5 Å². The third-order valence-electron chi connectivity index (χ3n) is 1.46. The first-order valence-corrected chi connectivity index (χ1v) is 5.67. The second-order valence-electron chi connectivity index (χ2n) is 2.25. The summed E-state index contributed by atoms with van der Waals surface area (Å²) >= 11 is 3.53. The van der Waals surface area contributed by atoms with Gasteiger partial charge in [-0.1, -0.05) is 20.4 Å². The van der Waals surface area contributed by atoms with E-state index in [1.54, 1.807) is 13.4 Å². The lowest BCUT2D eigenvalue weighted by atomic mass is 10.2. The van der Waals surface area contributed by atoms with Crippen molar-refractivity contribution in [3.8, 4) is 5.75 Å². The van der Waals surface area contributed by atoms with Crippen LogP contribution in [0.25, 0.3) is 5.70 Å². The fourth-order valence-electron chi connectivity index (χ4n) is 0.805. The molecule has 0 unspecified atom stereocenters. The van der Waals surface area contributed by atoms with Gasteiger partial charge in [0.25, 0.3) is 0 Å². The van der Waals surface area contributed by atoms with Crippen LogP contribution >= 0.6 is 12.6 Å².